The van der Waals surface area contributed by atoms with E-state index >= 15 is 0 Å². The number of benzene rings is 1. The predicted molar refractivity (Wildman–Crippen MR) is 75.8 cm³/mol. The molecule has 2 rings (SSSR count). The van der Waals surface area contributed by atoms with Crippen LogP contribution in [0.3, 0.4) is 0 Å². The van der Waals surface area contributed by atoms with E-state index in [2.05, 4.69) is 16.8 Å². The van der Waals surface area contributed by atoms with E-state index < -0.39 is 11.8 Å². The maximum atomic E-state index is 13.6. The molecule has 1 fully saturated rings. The third-order valence-corrected chi connectivity index (χ3v) is 3.47. The maximum absolute atomic E-state index is 13.6. The van der Waals surface area contributed by atoms with Crippen LogP contribution in [0.15, 0.2) is 24.3 Å². The number of likely N-dealkylation sites (N-methyl/N-ethyl adjacent to an activating group) is 1. The zero-order valence-electron chi connectivity index (χ0n) is 11.6. The van der Waals surface area contributed by atoms with Gasteiger partial charge in [-0.1, -0.05) is 6.07 Å². The molecule has 0 aromatic heterocycles. The van der Waals surface area contributed by atoms with Crippen molar-refractivity contribution in [1.82, 2.24) is 9.80 Å². The monoisotopic (exact) mass is 278 g/mol. The maximum Gasteiger partial charge on any atom is 0.328 e. The average Bonchev–Trinajstić information content (AvgIpc) is 2.42. The third-order valence-electron chi connectivity index (χ3n) is 3.47. The van der Waals surface area contributed by atoms with Gasteiger partial charge in [-0.05, 0) is 30.8 Å². The normalized spacial score (nSPS) is 17.7. The molecule has 0 saturated carbocycles. The Labute approximate surface area is 118 Å². The Kier molecular flexibility index (Phi) is 4.87. The van der Waals surface area contributed by atoms with E-state index in [1.165, 1.54) is 12.1 Å². The molecule has 1 aliphatic heterocycles. The van der Waals surface area contributed by atoms with E-state index in [-0.39, 0.29) is 0 Å². The van der Waals surface area contributed by atoms with Crippen LogP contribution in [0.4, 0.5) is 4.39 Å². The molecule has 4 nitrogen and oxygen atoms in total. The second kappa shape index (κ2) is 6.63. The van der Waals surface area contributed by atoms with E-state index in [9.17, 15) is 9.18 Å². The van der Waals surface area contributed by atoms with Crippen LogP contribution in [0.1, 0.15) is 11.1 Å². The molecular formula is C15H19FN2O2. The Morgan fingerprint density at radius 3 is 2.70 bits per heavy atom. The van der Waals surface area contributed by atoms with Crippen molar-refractivity contribution < 1.29 is 14.3 Å². The molecule has 0 radical (unpaired) electrons. The van der Waals surface area contributed by atoms with Crippen molar-refractivity contribution in [3.8, 4) is 0 Å². The van der Waals surface area contributed by atoms with Crippen molar-refractivity contribution in [2.24, 2.45) is 0 Å². The first kappa shape index (κ1) is 14.7. The van der Waals surface area contributed by atoms with E-state index in [0.717, 1.165) is 44.4 Å². The molecule has 1 N–H and O–H groups in total. The highest BCUT2D eigenvalue weighted by Crippen LogP contribution is 2.15. The van der Waals surface area contributed by atoms with Gasteiger partial charge in [0.25, 0.3) is 0 Å². The summed E-state index contributed by atoms with van der Waals surface area (Å²) in [7, 11) is 2.10. The van der Waals surface area contributed by atoms with Crippen LogP contribution in [-0.4, -0.2) is 54.1 Å². The highest BCUT2D eigenvalue weighted by molar-refractivity contribution is 5.85. The fourth-order valence-electron chi connectivity index (χ4n) is 2.24. The Balaban J connectivity index is 2.05. The summed E-state index contributed by atoms with van der Waals surface area (Å²) in [6.07, 6.45) is 2.25. The Morgan fingerprint density at radius 1 is 1.35 bits per heavy atom. The number of carbonyl (C=O) groups is 1. The first-order chi connectivity index (χ1) is 9.54. The molecule has 1 heterocycles. The molecule has 5 heteroatoms. The van der Waals surface area contributed by atoms with Gasteiger partial charge in [-0.25, -0.2) is 9.18 Å². The van der Waals surface area contributed by atoms with Gasteiger partial charge >= 0.3 is 5.97 Å². The fourth-order valence-corrected chi connectivity index (χ4v) is 2.24. The topological polar surface area (TPSA) is 43.8 Å². The third kappa shape index (κ3) is 4.15. The molecule has 0 spiro atoms. The number of nitrogens with zero attached hydrogens (tertiary/aromatic N) is 2. The molecule has 1 aliphatic rings. The van der Waals surface area contributed by atoms with E-state index in [1.54, 1.807) is 12.1 Å². The summed E-state index contributed by atoms with van der Waals surface area (Å²) in [6, 6.07) is 4.87. The first-order valence-corrected chi connectivity index (χ1v) is 6.65. The molecule has 0 bridgehead atoms. The molecule has 1 aromatic rings. The highest BCUT2D eigenvalue weighted by atomic mass is 19.1. The zero-order chi connectivity index (χ0) is 14.5. The number of halogens is 1. The molecular weight excluding hydrogens is 259 g/mol. The first-order valence-electron chi connectivity index (χ1n) is 6.65. The quantitative estimate of drug-likeness (QED) is 0.851. The van der Waals surface area contributed by atoms with Crippen molar-refractivity contribution in [3.63, 3.8) is 0 Å². The highest BCUT2D eigenvalue weighted by Gasteiger charge is 2.14. The lowest BCUT2D eigenvalue weighted by atomic mass is 10.1. The minimum atomic E-state index is -1.08. The average molecular weight is 278 g/mol. The molecule has 20 heavy (non-hydrogen) atoms. The number of carboxylic acid groups (broad SMARTS) is 1. The largest absolute Gasteiger partial charge is 0.478 e. The van der Waals surface area contributed by atoms with Crippen molar-refractivity contribution in [2.45, 2.75) is 6.54 Å². The van der Waals surface area contributed by atoms with Gasteiger partial charge in [-0.3, -0.25) is 4.90 Å². The number of hydrogen-bond donors (Lipinski definition) is 1. The molecule has 0 aliphatic carbocycles. The lowest BCUT2D eigenvalue weighted by Gasteiger charge is -2.32. The van der Waals surface area contributed by atoms with Crippen LogP contribution in [0.2, 0.25) is 0 Å². The van der Waals surface area contributed by atoms with Gasteiger partial charge in [0.05, 0.1) is 0 Å². The van der Waals surface area contributed by atoms with Crippen LogP contribution >= 0.6 is 0 Å². The SMILES string of the molecule is CN1CCN(Cc2ccc(F)c(C=CC(=O)O)c2)CC1. The lowest BCUT2D eigenvalue weighted by Crippen LogP contribution is -2.43. The van der Waals surface area contributed by atoms with Crippen molar-refractivity contribution in [2.75, 3.05) is 33.2 Å². The van der Waals surface area contributed by atoms with Crippen molar-refractivity contribution >= 4 is 12.0 Å². The van der Waals surface area contributed by atoms with Gasteiger partial charge in [-0.15, -0.1) is 0 Å². The smallest absolute Gasteiger partial charge is 0.328 e. The fraction of sp³-hybridized carbons (Fsp3) is 0.400. The summed E-state index contributed by atoms with van der Waals surface area (Å²) < 4.78 is 13.6. The number of carboxylic acids is 1. The standard InChI is InChI=1S/C15H19FN2O2/c1-17-6-8-18(9-7-17)11-12-2-4-14(16)13(10-12)3-5-15(19)20/h2-5,10H,6-9,11H2,1H3,(H,19,20). The Hall–Kier alpha value is -1.72. The van der Waals surface area contributed by atoms with E-state index in [4.69, 9.17) is 5.11 Å². The van der Waals surface area contributed by atoms with E-state index in [0.29, 0.717) is 5.56 Å². The predicted octanol–water partition coefficient (Wildman–Crippen LogP) is 1.67. The summed E-state index contributed by atoms with van der Waals surface area (Å²) in [5, 5.41) is 8.60. The number of piperazine rings is 1. The summed E-state index contributed by atoms with van der Waals surface area (Å²) in [5.74, 6) is -1.47. The zero-order valence-corrected chi connectivity index (χ0v) is 11.6. The van der Waals surface area contributed by atoms with Gasteiger partial charge in [0, 0.05) is 44.4 Å². The van der Waals surface area contributed by atoms with Crippen molar-refractivity contribution in [3.05, 3.63) is 41.2 Å². The minimum absolute atomic E-state index is 0.319. The second-order valence-electron chi connectivity index (χ2n) is 5.11. The summed E-state index contributed by atoms with van der Waals surface area (Å²) in [5.41, 5.74) is 1.32. The number of rotatable bonds is 4. The minimum Gasteiger partial charge on any atom is -0.478 e. The molecule has 0 atom stereocenters. The second-order valence-corrected chi connectivity index (χ2v) is 5.11. The van der Waals surface area contributed by atoms with Crippen LogP contribution < -0.4 is 0 Å². The Morgan fingerprint density at radius 2 is 2.05 bits per heavy atom. The molecule has 1 saturated heterocycles. The molecule has 108 valence electrons. The molecule has 0 unspecified atom stereocenters. The number of hydrogen-bond acceptors (Lipinski definition) is 3. The van der Waals surface area contributed by atoms with Crippen molar-refractivity contribution in [1.29, 1.82) is 0 Å². The Bertz CT molecular complexity index is 509. The van der Waals surface area contributed by atoms with Gasteiger partial charge in [-0.2, -0.15) is 0 Å². The van der Waals surface area contributed by atoms with Gasteiger partial charge < -0.3 is 10.0 Å². The molecule has 1 aromatic carbocycles. The van der Waals surface area contributed by atoms with Crippen LogP contribution in [0.25, 0.3) is 6.08 Å². The van der Waals surface area contributed by atoms with E-state index in [1.807, 2.05) is 0 Å². The molecule has 0 amide bonds. The van der Waals surface area contributed by atoms with Gasteiger partial charge in [0.1, 0.15) is 5.82 Å². The summed E-state index contributed by atoms with van der Waals surface area (Å²) >= 11 is 0. The summed E-state index contributed by atoms with van der Waals surface area (Å²) in [4.78, 5) is 15.1. The van der Waals surface area contributed by atoms with Crippen LogP contribution in [0.5, 0.6) is 0 Å². The van der Waals surface area contributed by atoms with Gasteiger partial charge in [0.15, 0.2) is 0 Å². The summed E-state index contributed by atoms with van der Waals surface area (Å²) in [6.45, 7) is 4.82. The van der Waals surface area contributed by atoms with Crippen LogP contribution in [0, 0.1) is 5.82 Å². The lowest BCUT2D eigenvalue weighted by molar-refractivity contribution is -0.131. The van der Waals surface area contributed by atoms with Gasteiger partial charge in [0.2, 0.25) is 0 Å². The van der Waals surface area contributed by atoms with Crippen LogP contribution in [-0.2, 0) is 11.3 Å². The number of aliphatic carboxylic acids is 1.